The van der Waals surface area contributed by atoms with E-state index < -0.39 is 5.97 Å². The van der Waals surface area contributed by atoms with Gasteiger partial charge in [0.1, 0.15) is 5.57 Å². The quantitative estimate of drug-likeness (QED) is 0.214. The van der Waals surface area contributed by atoms with Crippen LogP contribution in [0.5, 0.6) is 0 Å². The van der Waals surface area contributed by atoms with Gasteiger partial charge < -0.3 is 4.74 Å². The first kappa shape index (κ1) is 10.2. The Kier molecular flexibility index (Phi) is 4.54. The maximum atomic E-state index is 10.8. The van der Waals surface area contributed by atoms with Crippen LogP contribution in [0.1, 0.15) is 13.8 Å². The molecule has 0 atom stereocenters. The van der Waals surface area contributed by atoms with E-state index in [2.05, 4.69) is 4.74 Å². The van der Waals surface area contributed by atoms with E-state index in [1.807, 2.05) is 0 Å². The fourth-order valence-electron chi connectivity index (χ4n) is 0.479. The molecule has 0 amide bonds. The van der Waals surface area contributed by atoms with Crippen LogP contribution in [-0.4, -0.2) is 18.9 Å². The summed E-state index contributed by atoms with van der Waals surface area (Å²) >= 11 is 5.42. The summed E-state index contributed by atoms with van der Waals surface area (Å²) in [6.45, 7) is 3.35. The Balaban J connectivity index is 4.40. The van der Waals surface area contributed by atoms with Gasteiger partial charge in [-0.3, -0.25) is 4.79 Å². The topological polar surface area (TPSA) is 43.4 Å². The molecule has 0 aromatic carbocycles. The molecule has 0 aromatic heterocycles. The van der Waals surface area contributed by atoms with E-state index in [1.54, 1.807) is 6.92 Å². The minimum Gasteiger partial charge on any atom is -0.462 e. The number of rotatable bonds is 3. The molecule has 4 heteroatoms. The van der Waals surface area contributed by atoms with E-state index in [0.717, 1.165) is 0 Å². The summed E-state index contributed by atoms with van der Waals surface area (Å²) < 4.78 is 4.54. The van der Waals surface area contributed by atoms with Crippen molar-refractivity contribution in [1.82, 2.24) is 0 Å². The number of allylic oxidation sites excluding steroid dienone is 1. The molecule has 11 heavy (non-hydrogen) atoms. The second kappa shape index (κ2) is 4.91. The third-order valence-electron chi connectivity index (χ3n) is 0.984. The number of ether oxygens (including phenoxy) is 1. The predicted octanol–water partition coefficient (Wildman–Crippen LogP) is 1.26. The standard InChI is InChI=1S/C7H9ClO3/c1-3-11-7(10)6(4-9)5(2)8/h4H,3H2,1-2H3/b6-5+. The molecule has 0 radical (unpaired) electrons. The number of carbonyl (C=O) groups is 2. The Morgan fingerprint density at radius 3 is 2.45 bits per heavy atom. The molecule has 0 unspecified atom stereocenters. The van der Waals surface area contributed by atoms with E-state index in [9.17, 15) is 9.59 Å². The largest absolute Gasteiger partial charge is 0.462 e. The van der Waals surface area contributed by atoms with Crippen LogP contribution in [0.3, 0.4) is 0 Å². The van der Waals surface area contributed by atoms with Crippen molar-refractivity contribution in [2.45, 2.75) is 13.8 Å². The molecule has 62 valence electrons. The number of hydrogen-bond donors (Lipinski definition) is 0. The van der Waals surface area contributed by atoms with Crippen molar-refractivity contribution in [2.24, 2.45) is 0 Å². The van der Waals surface area contributed by atoms with E-state index in [4.69, 9.17) is 11.6 Å². The minimum atomic E-state index is -0.671. The molecule has 0 fully saturated rings. The molecule has 0 aliphatic carbocycles. The fraction of sp³-hybridized carbons (Fsp3) is 0.429. The molecule has 0 aliphatic heterocycles. The van der Waals surface area contributed by atoms with E-state index in [-0.39, 0.29) is 17.2 Å². The number of carbonyl (C=O) groups excluding carboxylic acids is 2. The highest BCUT2D eigenvalue weighted by Crippen LogP contribution is 2.07. The Morgan fingerprint density at radius 1 is 1.64 bits per heavy atom. The van der Waals surface area contributed by atoms with Gasteiger partial charge in [-0.25, -0.2) is 4.79 Å². The number of halogens is 1. The van der Waals surface area contributed by atoms with Crippen LogP contribution in [0.4, 0.5) is 0 Å². The zero-order chi connectivity index (χ0) is 8.85. The number of aldehydes is 1. The molecule has 0 saturated heterocycles. The first-order chi connectivity index (χ1) is 5.13. The lowest BCUT2D eigenvalue weighted by atomic mass is 10.3. The van der Waals surface area contributed by atoms with Gasteiger partial charge in [0.05, 0.1) is 6.61 Å². The SMILES string of the molecule is CCOC(=O)/C(C=O)=C(\C)Cl. The zero-order valence-electron chi connectivity index (χ0n) is 6.39. The molecule has 0 bridgehead atoms. The summed E-state index contributed by atoms with van der Waals surface area (Å²) in [5.74, 6) is -0.671. The monoisotopic (exact) mass is 176 g/mol. The Labute approximate surface area is 70.0 Å². The zero-order valence-corrected chi connectivity index (χ0v) is 7.14. The van der Waals surface area contributed by atoms with Gasteiger partial charge in [0, 0.05) is 5.03 Å². The van der Waals surface area contributed by atoms with Crippen LogP contribution in [0, 0.1) is 0 Å². The number of esters is 1. The molecule has 0 N–H and O–H groups in total. The maximum absolute atomic E-state index is 10.8. The summed E-state index contributed by atoms with van der Waals surface area (Å²) in [4.78, 5) is 21.0. The predicted molar refractivity (Wildman–Crippen MR) is 41.3 cm³/mol. The molecule has 0 heterocycles. The Bertz CT molecular complexity index is 192. The van der Waals surface area contributed by atoms with Crippen LogP contribution in [0.2, 0.25) is 0 Å². The van der Waals surface area contributed by atoms with Crippen molar-refractivity contribution in [3.8, 4) is 0 Å². The van der Waals surface area contributed by atoms with Gasteiger partial charge >= 0.3 is 5.97 Å². The van der Waals surface area contributed by atoms with Crippen LogP contribution >= 0.6 is 11.6 Å². The summed E-state index contributed by atoms with van der Waals surface area (Å²) in [7, 11) is 0. The summed E-state index contributed by atoms with van der Waals surface area (Å²) in [5, 5.41) is 0.151. The van der Waals surface area contributed by atoms with Gasteiger partial charge in [-0.05, 0) is 13.8 Å². The molecule has 0 rings (SSSR count). The summed E-state index contributed by atoms with van der Waals surface area (Å²) in [6.07, 6.45) is 0.389. The van der Waals surface area contributed by atoms with Gasteiger partial charge in [0.15, 0.2) is 6.29 Å². The average molecular weight is 177 g/mol. The number of hydrogen-bond acceptors (Lipinski definition) is 3. The molecular formula is C7H9ClO3. The van der Waals surface area contributed by atoms with Crippen molar-refractivity contribution < 1.29 is 14.3 Å². The van der Waals surface area contributed by atoms with Crippen molar-refractivity contribution in [2.75, 3.05) is 6.61 Å². The van der Waals surface area contributed by atoms with Gasteiger partial charge in [-0.15, -0.1) is 0 Å². The molecule has 0 aromatic rings. The van der Waals surface area contributed by atoms with E-state index >= 15 is 0 Å². The Hall–Kier alpha value is -0.830. The first-order valence-corrected chi connectivity index (χ1v) is 3.50. The van der Waals surface area contributed by atoms with Crippen LogP contribution < -0.4 is 0 Å². The molecule has 0 saturated carbocycles. The normalized spacial score (nSPS) is 11.9. The molecule has 0 spiro atoms. The fourth-order valence-corrected chi connectivity index (χ4v) is 0.600. The second-order valence-corrected chi connectivity index (χ2v) is 2.35. The maximum Gasteiger partial charge on any atom is 0.342 e. The van der Waals surface area contributed by atoms with Gasteiger partial charge in [-0.2, -0.15) is 0 Å². The second-order valence-electron chi connectivity index (χ2n) is 1.79. The van der Waals surface area contributed by atoms with Crippen molar-refractivity contribution >= 4 is 23.9 Å². The van der Waals surface area contributed by atoms with Crippen LogP contribution in [0.25, 0.3) is 0 Å². The van der Waals surface area contributed by atoms with E-state index in [0.29, 0.717) is 6.29 Å². The lowest BCUT2D eigenvalue weighted by molar-refractivity contribution is -0.139. The third kappa shape index (κ3) is 3.18. The van der Waals surface area contributed by atoms with Crippen LogP contribution in [0.15, 0.2) is 10.6 Å². The first-order valence-electron chi connectivity index (χ1n) is 3.12. The average Bonchev–Trinajstić information content (AvgIpc) is 1.88. The van der Waals surface area contributed by atoms with Gasteiger partial charge in [0.25, 0.3) is 0 Å². The summed E-state index contributed by atoms with van der Waals surface area (Å²) in [6, 6.07) is 0. The smallest absolute Gasteiger partial charge is 0.342 e. The highest BCUT2D eigenvalue weighted by atomic mass is 35.5. The summed E-state index contributed by atoms with van der Waals surface area (Å²) in [5.41, 5.74) is -0.117. The van der Waals surface area contributed by atoms with Crippen LogP contribution in [-0.2, 0) is 14.3 Å². The third-order valence-corrected chi connectivity index (χ3v) is 1.19. The van der Waals surface area contributed by atoms with Gasteiger partial charge in [0.2, 0.25) is 0 Å². The highest BCUT2D eigenvalue weighted by Gasteiger charge is 2.11. The Morgan fingerprint density at radius 2 is 2.18 bits per heavy atom. The molecule has 0 aliphatic rings. The van der Waals surface area contributed by atoms with Crippen molar-refractivity contribution in [3.05, 3.63) is 10.6 Å². The lowest BCUT2D eigenvalue weighted by Crippen LogP contribution is -2.09. The van der Waals surface area contributed by atoms with Gasteiger partial charge in [-0.1, -0.05) is 11.6 Å². The molecular weight excluding hydrogens is 168 g/mol. The van der Waals surface area contributed by atoms with Crippen molar-refractivity contribution in [3.63, 3.8) is 0 Å². The minimum absolute atomic E-state index is 0.117. The van der Waals surface area contributed by atoms with Crippen molar-refractivity contribution in [1.29, 1.82) is 0 Å². The molecule has 3 nitrogen and oxygen atoms in total. The highest BCUT2D eigenvalue weighted by molar-refractivity contribution is 6.33. The van der Waals surface area contributed by atoms with E-state index in [1.165, 1.54) is 6.92 Å². The lowest BCUT2D eigenvalue weighted by Gasteiger charge is -1.99.